The van der Waals surface area contributed by atoms with E-state index in [0.29, 0.717) is 18.5 Å². The van der Waals surface area contributed by atoms with E-state index >= 15 is 0 Å². The van der Waals surface area contributed by atoms with Gasteiger partial charge in [0.25, 0.3) is 0 Å². The third-order valence-corrected chi connectivity index (χ3v) is 9.28. The molecular weight excluding hydrogens is 414 g/mol. The molecule has 1 heterocycles. The maximum Gasteiger partial charge on any atom is 0.226 e. The molecule has 1 amide bonds. The molecule has 6 fully saturated rings. The first-order chi connectivity index (χ1) is 14.2. The molecule has 0 aliphatic heterocycles. The normalized spacial score (nSPS) is 36.0. The molecule has 0 spiro atoms. The Morgan fingerprint density at radius 3 is 2.27 bits per heavy atom. The van der Waals surface area contributed by atoms with E-state index in [0.717, 1.165) is 17.8 Å². The Hall–Kier alpha value is -0.810. The van der Waals surface area contributed by atoms with E-state index in [1.54, 1.807) is 11.3 Å². The number of thiazole rings is 1. The van der Waals surface area contributed by atoms with Gasteiger partial charge in [0, 0.05) is 22.7 Å². The highest BCUT2D eigenvalue weighted by Crippen LogP contribution is 2.55. The van der Waals surface area contributed by atoms with Gasteiger partial charge < -0.3 is 9.88 Å². The lowest BCUT2D eigenvalue weighted by Gasteiger charge is -2.56. The largest absolute Gasteiger partial charge is 0.350 e. The fourth-order valence-electron chi connectivity index (χ4n) is 7.43. The van der Waals surface area contributed by atoms with Crippen molar-refractivity contribution in [3.8, 4) is 0 Å². The fourth-order valence-corrected chi connectivity index (χ4v) is 8.46. The van der Waals surface area contributed by atoms with Crippen LogP contribution >= 0.6 is 23.7 Å². The number of amides is 1. The summed E-state index contributed by atoms with van der Waals surface area (Å²) in [6, 6.07) is 1.09. The Kier molecular flexibility index (Phi) is 5.81. The van der Waals surface area contributed by atoms with Crippen LogP contribution in [0.4, 0.5) is 0 Å². The third-order valence-electron chi connectivity index (χ3n) is 8.38. The first-order valence-electron chi connectivity index (χ1n) is 12.2. The average Bonchev–Trinajstić information content (AvgIpc) is 3.43. The summed E-state index contributed by atoms with van der Waals surface area (Å²) in [5, 5.41) is 5.79. The van der Waals surface area contributed by atoms with Gasteiger partial charge in [-0.1, -0.05) is 19.3 Å². The fraction of sp³-hybridized carbons (Fsp3) is 0.833. The summed E-state index contributed by atoms with van der Waals surface area (Å²) >= 11 is 1.77. The van der Waals surface area contributed by atoms with Gasteiger partial charge in [0.1, 0.15) is 0 Å². The van der Waals surface area contributed by atoms with Crippen molar-refractivity contribution in [1.29, 1.82) is 0 Å². The highest BCUT2D eigenvalue weighted by Gasteiger charge is 2.51. The van der Waals surface area contributed by atoms with E-state index in [2.05, 4.69) is 15.3 Å². The monoisotopic (exact) mass is 449 g/mol. The minimum Gasteiger partial charge on any atom is -0.350 e. The van der Waals surface area contributed by atoms with Gasteiger partial charge in [-0.05, 0) is 82.0 Å². The molecule has 1 aromatic rings. The summed E-state index contributed by atoms with van der Waals surface area (Å²) in [5.41, 5.74) is 1.33. The van der Waals surface area contributed by atoms with Crippen LogP contribution in [0.5, 0.6) is 0 Å². The van der Waals surface area contributed by atoms with Crippen molar-refractivity contribution in [1.82, 2.24) is 9.88 Å². The van der Waals surface area contributed by atoms with E-state index in [9.17, 15) is 4.79 Å². The van der Waals surface area contributed by atoms with Crippen molar-refractivity contribution in [2.24, 2.45) is 22.7 Å². The van der Waals surface area contributed by atoms with Crippen molar-refractivity contribution in [3.05, 3.63) is 15.9 Å². The zero-order chi connectivity index (χ0) is 19.4. The smallest absolute Gasteiger partial charge is 0.226 e. The van der Waals surface area contributed by atoms with Crippen LogP contribution in [0.1, 0.15) is 95.2 Å². The highest BCUT2D eigenvalue weighted by molar-refractivity contribution is 7.07. The molecule has 6 saturated carbocycles. The van der Waals surface area contributed by atoms with Gasteiger partial charge in [0.2, 0.25) is 5.91 Å². The van der Waals surface area contributed by atoms with Crippen molar-refractivity contribution in [3.63, 3.8) is 0 Å². The zero-order valence-corrected chi connectivity index (χ0v) is 19.6. The van der Waals surface area contributed by atoms with E-state index in [1.165, 1.54) is 94.0 Å². The highest BCUT2D eigenvalue weighted by atomic mass is 35.5. The number of aromatic nitrogens is 1. The number of carbonyl (C=O) groups is 1. The number of halogens is 1. The molecule has 6 aliphatic carbocycles. The molecule has 0 aromatic carbocycles. The maximum absolute atomic E-state index is 13.1. The van der Waals surface area contributed by atoms with Gasteiger partial charge in [-0.2, -0.15) is 0 Å². The molecule has 6 aliphatic rings. The van der Waals surface area contributed by atoms with Crippen molar-refractivity contribution < 1.29 is 4.79 Å². The summed E-state index contributed by atoms with van der Waals surface area (Å²) in [5.74, 6) is 2.88. The van der Waals surface area contributed by atoms with Gasteiger partial charge in [0.15, 0.2) is 4.80 Å². The first-order valence-corrected chi connectivity index (χ1v) is 13.1. The second kappa shape index (κ2) is 8.27. The van der Waals surface area contributed by atoms with E-state index in [4.69, 9.17) is 4.99 Å². The maximum atomic E-state index is 13.1. The van der Waals surface area contributed by atoms with E-state index in [1.807, 2.05) is 0 Å². The molecule has 166 valence electrons. The predicted octanol–water partition coefficient (Wildman–Crippen LogP) is 5.17. The number of carbonyl (C=O) groups excluding carboxylic acids is 1. The van der Waals surface area contributed by atoms with Crippen LogP contribution in [0.15, 0.2) is 10.4 Å². The summed E-state index contributed by atoms with van der Waals surface area (Å²) < 4.78 is 2.43. The van der Waals surface area contributed by atoms with Crippen molar-refractivity contribution >= 4 is 29.7 Å². The van der Waals surface area contributed by atoms with Crippen LogP contribution in [0.25, 0.3) is 0 Å². The van der Waals surface area contributed by atoms with Crippen LogP contribution in [-0.2, 0) is 11.2 Å². The predicted molar refractivity (Wildman–Crippen MR) is 123 cm³/mol. The van der Waals surface area contributed by atoms with Gasteiger partial charge in [-0.3, -0.25) is 9.79 Å². The number of rotatable bonds is 5. The molecule has 0 unspecified atom stereocenters. The summed E-state index contributed by atoms with van der Waals surface area (Å²) in [6.45, 7) is 0. The Labute approximate surface area is 190 Å². The summed E-state index contributed by atoms with van der Waals surface area (Å²) in [4.78, 5) is 19.5. The lowest BCUT2D eigenvalue weighted by Crippen LogP contribution is -2.60. The second-order valence-corrected chi connectivity index (χ2v) is 11.8. The molecule has 0 radical (unpaired) electrons. The number of nitrogens with zero attached hydrogens (tertiary/aromatic N) is 2. The topological polar surface area (TPSA) is 46.4 Å². The molecule has 0 saturated heterocycles. The molecule has 1 N–H and O–H groups in total. The van der Waals surface area contributed by atoms with Crippen LogP contribution in [0, 0.1) is 17.8 Å². The minimum atomic E-state index is 0. The standard InChI is InChI=1S/C24H35N3OS.ClH/c28-22(26-24-12-16-8-17(13-24)10-18(9-16)14-24)11-21-15-29-23(27(21)20-6-7-20)25-19-4-2-1-3-5-19;/h15-20H,1-14H2,(H,26,28);1H. The van der Waals surface area contributed by atoms with Crippen LogP contribution < -0.4 is 10.1 Å². The van der Waals surface area contributed by atoms with Gasteiger partial charge in [-0.25, -0.2) is 0 Å². The van der Waals surface area contributed by atoms with Crippen molar-refractivity contribution in [2.45, 2.75) is 108 Å². The first kappa shape index (κ1) is 21.1. The zero-order valence-electron chi connectivity index (χ0n) is 18.0. The van der Waals surface area contributed by atoms with E-state index < -0.39 is 0 Å². The van der Waals surface area contributed by atoms with Crippen molar-refractivity contribution in [2.75, 3.05) is 0 Å². The Bertz CT molecular complexity index is 814. The molecular formula is C24H36ClN3OS. The Morgan fingerprint density at radius 2 is 1.67 bits per heavy atom. The third kappa shape index (κ3) is 4.13. The molecule has 4 nitrogen and oxygen atoms in total. The number of hydrogen-bond acceptors (Lipinski definition) is 3. The van der Waals surface area contributed by atoms with Crippen LogP contribution in [-0.4, -0.2) is 22.1 Å². The molecule has 30 heavy (non-hydrogen) atoms. The summed E-state index contributed by atoms with van der Waals surface area (Å²) in [7, 11) is 0. The van der Waals surface area contributed by atoms with Gasteiger partial charge in [-0.15, -0.1) is 23.7 Å². The molecule has 7 rings (SSSR count). The SMILES string of the molecule is Cl.O=C(Cc1csc(=NC2CCCCC2)n1C1CC1)NC12CC3CC(CC(C3)C1)C2. The number of hydrogen-bond donors (Lipinski definition) is 1. The Morgan fingerprint density at radius 1 is 1.03 bits per heavy atom. The lowest BCUT2D eigenvalue weighted by atomic mass is 9.53. The Balaban J connectivity index is 0.00000193. The van der Waals surface area contributed by atoms with Gasteiger partial charge >= 0.3 is 0 Å². The lowest BCUT2D eigenvalue weighted by molar-refractivity contribution is -0.126. The molecule has 4 bridgehead atoms. The average molecular weight is 450 g/mol. The molecule has 0 atom stereocenters. The molecule has 1 aromatic heterocycles. The van der Waals surface area contributed by atoms with Gasteiger partial charge in [0.05, 0.1) is 12.5 Å². The van der Waals surface area contributed by atoms with Crippen LogP contribution in [0.3, 0.4) is 0 Å². The second-order valence-electron chi connectivity index (χ2n) is 11.0. The summed E-state index contributed by atoms with van der Waals surface area (Å²) in [6.07, 6.45) is 17.5. The molecule has 6 heteroatoms. The number of nitrogens with one attached hydrogen (secondary N) is 1. The minimum absolute atomic E-state index is 0. The van der Waals surface area contributed by atoms with Crippen LogP contribution in [0.2, 0.25) is 0 Å². The quantitative estimate of drug-likeness (QED) is 0.662. The van der Waals surface area contributed by atoms with E-state index in [-0.39, 0.29) is 23.9 Å².